The molecule has 0 aliphatic carbocycles. The summed E-state index contributed by atoms with van der Waals surface area (Å²) in [4.78, 5) is 50.5. The Bertz CT molecular complexity index is 518. The molecule has 0 saturated carbocycles. The Morgan fingerprint density at radius 3 is 1.16 bits per heavy atom. The molecule has 0 aromatic heterocycles. The third-order valence-electron chi connectivity index (χ3n) is 4.54. The van der Waals surface area contributed by atoms with Crippen molar-refractivity contribution < 1.29 is 33.4 Å². The van der Waals surface area contributed by atoms with Gasteiger partial charge >= 0.3 is 17.9 Å². The van der Waals surface area contributed by atoms with Crippen LogP contribution in [0.3, 0.4) is 0 Å². The summed E-state index contributed by atoms with van der Waals surface area (Å²) in [5.41, 5.74) is 0. The fourth-order valence-corrected chi connectivity index (χ4v) is 2.95. The van der Waals surface area contributed by atoms with E-state index in [-0.39, 0.29) is 43.0 Å². The molecule has 0 aliphatic heterocycles. The molecule has 0 radical (unpaired) electrons. The summed E-state index contributed by atoms with van der Waals surface area (Å²) in [5.74, 6) is -0.672. The SMILES string of the molecule is CCOC(=O)CCN(CCCN(CCC(=O)OCC)CCC(=O)OCC)CCC(C)=O. The van der Waals surface area contributed by atoms with Crippen LogP contribution in [0.2, 0.25) is 0 Å². The summed E-state index contributed by atoms with van der Waals surface area (Å²) in [5, 5.41) is 0. The lowest BCUT2D eigenvalue weighted by molar-refractivity contribution is -0.144. The van der Waals surface area contributed by atoms with Gasteiger partial charge in [-0.05, 0) is 47.2 Å². The number of esters is 3. The number of carbonyl (C=O) groups excluding carboxylic acids is 4. The van der Waals surface area contributed by atoms with Crippen molar-refractivity contribution in [3.05, 3.63) is 0 Å². The van der Waals surface area contributed by atoms with Crippen LogP contribution in [0, 0.1) is 0 Å². The second-order valence-electron chi connectivity index (χ2n) is 7.15. The highest BCUT2D eigenvalue weighted by Gasteiger charge is 2.14. The molecule has 31 heavy (non-hydrogen) atoms. The van der Waals surface area contributed by atoms with Gasteiger partial charge in [0.25, 0.3) is 0 Å². The Morgan fingerprint density at radius 1 is 0.548 bits per heavy atom. The second kappa shape index (κ2) is 18.7. The Kier molecular flexibility index (Phi) is 17.5. The van der Waals surface area contributed by atoms with Crippen LogP contribution in [0.1, 0.15) is 59.8 Å². The fourth-order valence-electron chi connectivity index (χ4n) is 2.95. The zero-order valence-electron chi connectivity index (χ0n) is 19.7. The molecule has 0 N–H and O–H groups in total. The molecule has 0 aromatic carbocycles. The molecule has 0 heterocycles. The number of rotatable bonds is 19. The molecule has 0 rings (SSSR count). The minimum atomic E-state index is -0.263. The van der Waals surface area contributed by atoms with E-state index in [1.165, 1.54) is 0 Å². The van der Waals surface area contributed by atoms with Gasteiger partial charge in [-0.1, -0.05) is 0 Å². The van der Waals surface area contributed by atoms with E-state index in [0.717, 1.165) is 6.42 Å². The zero-order valence-corrected chi connectivity index (χ0v) is 19.7. The standard InChI is InChI=1S/C22H40N2O7/c1-5-29-20(26)10-16-23(15-9-19(4)25)13-8-14-24(17-11-21(27)30-6-2)18-12-22(28)31-7-3/h5-18H2,1-4H3. The first kappa shape index (κ1) is 29.0. The minimum Gasteiger partial charge on any atom is -0.466 e. The van der Waals surface area contributed by atoms with Crippen molar-refractivity contribution >= 4 is 23.7 Å². The highest BCUT2D eigenvalue weighted by atomic mass is 16.5. The lowest BCUT2D eigenvalue weighted by Crippen LogP contribution is -2.35. The van der Waals surface area contributed by atoms with Crippen molar-refractivity contribution in [2.75, 3.05) is 59.1 Å². The van der Waals surface area contributed by atoms with Gasteiger partial charge < -0.3 is 24.0 Å². The average molecular weight is 445 g/mol. The van der Waals surface area contributed by atoms with Crippen molar-refractivity contribution in [1.82, 2.24) is 9.80 Å². The molecule has 9 nitrogen and oxygen atoms in total. The largest absolute Gasteiger partial charge is 0.466 e. The molecule has 9 heteroatoms. The lowest BCUT2D eigenvalue weighted by Gasteiger charge is -2.25. The van der Waals surface area contributed by atoms with Crippen LogP contribution in [0.5, 0.6) is 0 Å². The highest BCUT2D eigenvalue weighted by molar-refractivity contribution is 5.75. The van der Waals surface area contributed by atoms with Gasteiger partial charge in [-0.3, -0.25) is 19.2 Å². The van der Waals surface area contributed by atoms with Crippen LogP contribution in [0.25, 0.3) is 0 Å². The molecule has 0 unspecified atom stereocenters. The van der Waals surface area contributed by atoms with E-state index in [9.17, 15) is 19.2 Å². The van der Waals surface area contributed by atoms with Gasteiger partial charge in [-0.2, -0.15) is 0 Å². The summed E-state index contributed by atoms with van der Waals surface area (Å²) < 4.78 is 15.0. The third-order valence-corrected chi connectivity index (χ3v) is 4.54. The second-order valence-corrected chi connectivity index (χ2v) is 7.15. The van der Waals surface area contributed by atoms with E-state index in [0.29, 0.717) is 65.5 Å². The maximum atomic E-state index is 11.7. The molecule has 0 fully saturated rings. The van der Waals surface area contributed by atoms with E-state index >= 15 is 0 Å². The van der Waals surface area contributed by atoms with Gasteiger partial charge in [0.1, 0.15) is 5.78 Å². The Hall–Kier alpha value is -2.00. The molecule has 0 atom stereocenters. The number of nitrogens with zero attached hydrogens (tertiary/aromatic N) is 2. The number of ketones is 1. The summed E-state index contributed by atoms with van der Waals surface area (Å²) >= 11 is 0. The topological polar surface area (TPSA) is 102 Å². The maximum absolute atomic E-state index is 11.7. The number of Topliss-reactive ketones (excluding diaryl/α,β-unsaturated/α-hetero) is 1. The number of carbonyl (C=O) groups is 4. The molecule has 0 spiro atoms. The van der Waals surface area contributed by atoms with E-state index in [2.05, 4.69) is 4.90 Å². The van der Waals surface area contributed by atoms with Crippen molar-refractivity contribution in [2.45, 2.75) is 59.8 Å². The van der Waals surface area contributed by atoms with Gasteiger partial charge in [-0.25, -0.2) is 0 Å². The summed E-state index contributed by atoms with van der Waals surface area (Å²) in [7, 11) is 0. The van der Waals surface area contributed by atoms with Crippen molar-refractivity contribution in [3.63, 3.8) is 0 Å². The molecular weight excluding hydrogens is 404 g/mol. The fraction of sp³-hybridized carbons (Fsp3) is 0.818. The van der Waals surface area contributed by atoms with Crippen LogP contribution in [-0.4, -0.2) is 92.6 Å². The molecule has 180 valence electrons. The Balaban J connectivity index is 4.67. The number of hydrogen-bond acceptors (Lipinski definition) is 9. The molecule has 0 amide bonds. The van der Waals surface area contributed by atoms with Gasteiger partial charge in [0.05, 0.1) is 39.1 Å². The van der Waals surface area contributed by atoms with Crippen LogP contribution in [0.15, 0.2) is 0 Å². The van der Waals surface area contributed by atoms with Crippen LogP contribution < -0.4 is 0 Å². The predicted molar refractivity (Wildman–Crippen MR) is 117 cm³/mol. The Labute approximate surface area is 186 Å². The highest BCUT2D eigenvalue weighted by Crippen LogP contribution is 2.04. The van der Waals surface area contributed by atoms with E-state index in [4.69, 9.17) is 14.2 Å². The number of hydrogen-bond donors (Lipinski definition) is 0. The summed E-state index contributed by atoms with van der Waals surface area (Å²) in [6, 6.07) is 0. The van der Waals surface area contributed by atoms with Crippen molar-refractivity contribution in [1.29, 1.82) is 0 Å². The lowest BCUT2D eigenvalue weighted by atomic mass is 10.2. The molecular formula is C22H40N2O7. The monoisotopic (exact) mass is 444 g/mol. The average Bonchev–Trinajstić information content (AvgIpc) is 2.71. The van der Waals surface area contributed by atoms with Crippen molar-refractivity contribution in [3.8, 4) is 0 Å². The van der Waals surface area contributed by atoms with Crippen LogP contribution in [-0.2, 0) is 33.4 Å². The van der Waals surface area contributed by atoms with Crippen molar-refractivity contribution in [2.24, 2.45) is 0 Å². The predicted octanol–water partition coefficient (Wildman–Crippen LogP) is 1.82. The molecule has 0 bridgehead atoms. The molecule has 0 saturated heterocycles. The first-order chi connectivity index (χ1) is 14.8. The normalized spacial score (nSPS) is 10.9. The van der Waals surface area contributed by atoms with E-state index in [1.54, 1.807) is 27.7 Å². The smallest absolute Gasteiger partial charge is 0.307 e. The number of ether oxygens (including phenoxy) is 3. The summed E-state index contributed by atoms with van der Waals surface area (Å²) in [6.07, 6.45) is 1.99. The molecule has 0 aromatic rings. The van der Waals surface area contributed by atoms with Crippen LogP contribution >= 0.6 is 0 Å². The minimum absolute atomic E-state index is 0.103. The van der Waals surface area contributed by atoms with E-state index < -0.39 is 0 Å². The zero-order chi connectivity index (χ0) is 23.5. The quantitative estimate of drug-likeness (QED) is 0.218. The van der Waals surface area contributed by atoms with E-state index in [1.807, 2.05) is 4.90 Å². The van der Waals surface area contributed by atoms with Gasteiger partial charge in [-0.15, -0.1) is 0 Å². The molecule has 0 aliphatic rings. The van der Waals surface area contributed by atoms with Gasteiger partial charge in [0.15, 0.2) is 0 Å². The van der Waals surface area contributed by atoms with Crippen LogP contribution in [0.4, 0.5) is 0 Å². The van der Waals surface area contributed by atoms with Gasteiger partial charge in [0, 0.05) is 32.6 Å². The maximum Gasteiger partial charge on any atom is 0.307 e. The first-order valence-corrected chi connectivity index (χ1v) is 11.2. The first-order valence-electron chi connectivity index (χ1n) is 11.2. The Morgan fingerprint density at radius 2 is 0.871 bits per heavy atom. The third kappa shape index (κ3) is 17.4. The summed E-state index contributed by atoms with van der Waals surface area (Å²) in [6.45, 7) is 11.4. The van der Waals surface area contributed by atoms with Gasteiger partial charge in [0.2, 0.25) is 0 Å².